The number of alkyl halides is 3. The van der Waals surface area contributed by atoms with E-state index in [1.807, 2.05) is 6.92 Å². The van der Waals surface area contributed by atoms with Gasteiger partial charge in [-0.2, -0.15) is 0 Å². The van der Waals surface area contributed by atoms with Crippen molar-refractivity contribution in [2.24, 2.45) is 11.8 Å². The van der Waals surface area contributed by atoms with Crippen LogP contribution in [-0.2, 0) is 9.53 Å². The van der Waals surface area contributed by atoms with E-state index in [0.29, 0.717) is 5.92 Å². The van der Waals surface area contributed by atoms with Crippen LogP contribution in [0.5, 0.6) is 0 Å². The highest BCUT2D eigenvalue weighted by molar-refractivity contribution is 6.66. The van der Waals surface area contributed by atoms with Gasteiger partial charge in [0.2, 0.25) is 0 Å². The smallest absolute Gasteiger partial charge is 0.340 e. The SMILES string of the molecule is CCC(C(=O)OC(Cl)(Cl)Cl)C1CCCCC1. The van der Waals surface area contributed by atoms with Crippen LogP contribution in [0.4, 0.5) is 0 Å². The standard InChI is InChI=1S/C11H17Cl3O2/c1-2-9(8-6-4-3-5-7-8)10(15)16-11(12,13)14/h8-9H,2-7H2,1H3. The number of hydrogen-bond acceptors (Lipinski definition) is 2. The molecule has 1 fully saturated rings. The summed E-state index contributed by atoms with van der Waals surface area (Å²) in [5.74, 6) is -0.121. The van der Waals surface area contributed by atoms with Gasteiger partial charge in [0.1, 0.15) is 0 Å². The number of ether oxygens (including phenoxy) is 1. The van der Waals surface area contributed by atoms with Crippen molar-refractivity contribution < 1.29 is 9.53 Å². The number of esters is 1. The van der Waals surface area contributed by atoms with E-state index in [4.69, 9.17) is 39.5 Å². The molecule has 0 N–H and O–H groups in total. The molecule has 0 bridgehead atoms. The second-order valence-corrected chi connectivity index (χ2v) is 6.46. The molecular weight excluding hydrogens is 270 g/mol. The van der Waals surface area contributed by atoms with Crippen LogP contribution in [-0.4, -0.2) is 9.95 Å². The maximum absolute atomic E-state index is 11.8. The van der Waals surface area contributed by atoms with E-state index in [-0.39, 0.29) is 11.9 Å². The molecule has 1 aliphatic carbocycles. The van der Waals surface area contributed by atoms with E-state index < -0.39 is 3.98 Å². The van der Waals surface area contributed by atoms with Crippen molar-refractivity contribution in [1.29, 1.82) is 0 Å². The van der Waals surface area contributed by atoms with Gasteiger partial charge in [0.15, 0.2) is 0 Å². The third kappa shape index (κ3) is 4.68. The zero-order valence-electron chi connectivity index (χ0n) is 9.35. The topological polar surface area (TPSA) is 26.3 Å². The van der Waals surface area contributed by atoms with E-state index in [1.165, 1.54) is 19.3 Å². The molecule has 1 unspecified atom stereocenters. The summed E-state index contributed by atoms with van der Waals surface area (Å²) in [6.45, 7) is 1.97. The molecule has 1 aliphatic rings. The van der Waals surface area contributed by atoms with Crippen molar-refractivity contribution in [2.75, 3.05) is 0 Å². The Kier molecular flexibility index (Phi) is 5.69. The molecular formula is C11H17Cl3O2. The quantitative estimate of drug-likeness (QED) is 0.566. The number of carbonyl (C=O) groups excluding carboxylic acids is 1. The Bertz CT molecular complexity index is 232. The van der Waals surface area contributed by atoms with Gasteiger partial charge in [0, 0.05) is 0 Å². The van der Waals surface area contributed by atoms with Crippen LogP contribution < -0.4 is 0 Å². The highest BCUT2D eigenvalue weighted by Crippen LogP contribution is 2.35. The summed E-state index contributed by atoms with van der Waals surface area (Å²) >= 11 is 16.4. The summed E-state index contributed by atoms with van der Waals surface area (Å²) in [6.07, 6.45) is 6.52. The normalized spacial score (nSPS) is 20.5. The van der Waals surface area contributed by atoms with Gasteiger partial charge in [-0.1, -0.05) is 26.2 Å². The average Bonchev–Trinajstić information content (AvgIpc) is 2.17. The maximum atomic E-state index is 11.8. The first kappa shape index (κ1) is 14.4. The summed E-state index contributed by atoms with van der Waals surface area (Å²) in [5, 5.41) is 0. The molecule has 0 aromatic carbocycles. The second-order valence-electron chi connectivity index (χ2n) is 4.28. The van der Waals surface area contributed by atoms with Crippen molar-refractivity contribution in [2.45, 2.75) is 49.4 Å². The van der Waals surface area contributed by atoms with Crippen LogP contribution in [0, 0.1) is 11.8 Å². The van der Waals surface area contributed by atoms with Gasteiger partial charge in [-0.3, -0.25) is 4.79 Å². The number of halogens is 3. The van der Waals surface area contributed by atoms with Gasteiger partial charge >= 0.3 is 9.95 Å². The van der Waals surface area contributed by atoms with Gasteiger partial charge in [0.05, 0.1) is 5.92 Å². The summed E-state index contributed by atoms with van der Waals surface area (Å²) in [7, 11) is 0. The molecule has 5 heteroatoms. The van der Waals surface area contributed by atoms with Crippen molar-refractivity contribution >= 4 is 40.8 Å². The van der Waals surface area contributed by atoms with Gasteiger partial charge in [0.25, 0.3) is 0 Å². The van der Waals surface area contributed by atoms with Crippen molar-refractivity contribution in [1.82, 2.24) is 0 Å². The number of rotatable bonds is 3. The molecule has 2 nitrogen and oxygen atoms in total. The largest absolute Gasteiger partial charge is 0.414 e. The fraction of sp³-hybridized carbons (Fsp3) is 0.909. The molecule has 0 aliphatic heterocycles. The highest BCUT2D eigenvalue weighted by Gasteiger charge is 2.34. The van der Waals surface area contributed by atoms with Crippen molar-refractivity contribution in [3.8, 4) is 0 Å². The number of carbonyl (C=O) groups is 1. The lowest BCUT2D eigenvalue weighted by Crippen LogP contribution is -2.30. The van der Waals surface area contributed by atoms with Gasteiger partial charge in [-0.05, 0) is 60.0 Å². The molecule has 1 atom stereocenters. The molecule has 0 aromatic heterocycles. The molecule has 0 aromatic rings. The lowest BCUT2D eigenvalue weighted by molar-refractivity contribution is -0.152. The minimum atomic E-state index is -1.93. The fourth-order valence-electron chi connectivity index (χ4n) is 2.42. The lowest BCUT2D eigenvalue weighted by atomic mass is 9.79. The van der Waals surface area contributed by atoms with E-state index in [0.717, 1.165) is 19.3 Å². The molecule has 94 valence electrons. The highest BCUT2D eigenvalue weighted by atomic mass is 35.6. The minimum Gasteiger partial charge on any atom is -0.414 e. The molecule has 1 rings (SSSR count). The Morgan fingerprint density at radius 3 is 2.31 bits per heavy atom. The van der Waals surface area contributed by atoms with Gasteiger partial charge in [-0.15, -0.1) is 0 Å². The summed E-state index contributed by atoms with van der Waals surface area (Å²) in [5.41, 5.74) is 0. The van der Waals surface area contributed by atoms with Crippen LogP contribution in [0.1, 0.15) is 45.4 Å². The van der Waals surface area contributed by atoms with Gasteiger partial charge in [-0.25, -0.2) is 0 Å². The first-order valence-electron chi connectivity index (χ1n) is 5.73. The lowest BCUT2D eigenvalue weighted by Gasteiger charge is -2.28. The minimum absolute atomic E-state index is 0.129. The van der Waals surface area contributed by atoms with Crippen LogP contribution in [0.3, 0.4) is 0 Å². The van der Waals surface area contributed by atoms with Crippen molar-refractivity contribution in [3.63, 3.8) is 0 Å². The predicted octanol–water partition coefficient (Wildman–Crippen LogP) is 4.46. The molecule has 16 heavy (non-hydrogen) atoms. The fourth-order valence-corrected chi connectivity index (χ4v) is 2.65. The summed E-state index contributed by atoms with van der Waals surface area (Å²) < 4.78 is 2.87. The van der Waals surface area contributed by atoms with E-state index in [1.54, 1.807) is 0 Å². The molecule has 0 radical (unpaired) electrons. The zero-order chi connectivity index (χ0) is 12.2. The first-order valence-corrected chi connectivity index (χ1v) is 6.87. The third-order valence-electron chi connectivity index (χ3n) is 3.18. The van der Waals surface area contributed by atoms with Crippen LogP contribution in [0.15, 0.2) is 0 Å². The number of hydrogen-bond donors (Lipinski definition) is 0. The summed E-state index contributed by atoms with van der Waals surface area (Å²) in [4.78, 5) is 11.8. The van der Waals surface area contributed by atoms with E-state index in [2.05, 4.69) is 0 Å². The predicted molar refractivity (Wildman–Crippen MR) is 66.7 cm³/mol. The molecule has 0 heterocycles. The van der Waals surface area contributed by atoms with E-state index in [9.17, 15) is 4.79 Å². The van der Waals surface area contributed by atoms with Crippen LogP contribution in [0.25, 0.3) is 0 Å². The maximum Gasteiger partial charge on any atom is 0.340 e. The first-order chi connectivity index (χ1) is 7.44. The Morgan fingerprint density at radius 1 is 1.31 bits per heavy atom. The molecule has 0 spiro atoms. The Morgan fingerprint density at radius 2 is 1.88 bits per heavy atom. The zero-order valence-corrected chi connectivity index (χ0v) is 11.6. The monoisotopic (exact) mass is 286 g/mol. The van der Waals surface area contributed by atoms with Gasteiger partial charge < -0.3 is 4.74 Å². The Labute approximate surface area is 112 Å². The molecule has 0 saturated heterocycles. The molecule has 1 saturated carbocycles. The van der Waals surface area contributed by atoms with Crippen LogP contribution in [0.2, 0.25) is 0 Å². The third-order valence-corrected chi connectivity index (χ3v) is 3.41. The second kappa shape index (κ2) is 6.32. The Balaban J connectivity index is 2.55. The van der Waals surface area contributed by atoms with Crippen molar-refractivity contribution in [3.05, 3.63) is 0 Å². The average molecular weight is 288 g/mol. The van der Waals surface area contributed by atoms with Crippen LogP contribution >= 0.6 is 34.8 Å². The summed E-state index contributed by atoms with van der Waals surface area (Å²) in [6, 6.07) is 0. The van der Waals surface area contributed by atoms with E-state index >= 15 is 0 Å². The molecule has 0 amide bonds. The Hall–Kier alpha value is 0.340.